The van der Waals surface area contributed by atoms with Crippen molar-refractivity contribution in [3.8, 4) is 0 Å². The highest BCUT2D eigenvalue weighted by Crippen LogP contribution is 2.09. The van der Waals surface area contributed by atoms with Crippen LogP contribution in [-0.2, 0) is 49.8 Å². The Bertz CT molecular complexity index is 1440. The summed E-state index contributed by atoms with van der Waals surface area (Å²) in [7, 11) is -3.44. The van der Waals surface area contributed by atoms with E-state index in [0.29, 0.717) is 12.8 Å². The summed E-state index contributed by atoms with van der Waals surface area (Å²) in [5.74, 6) is -3.51. The molecule has 0 unspecified atom stereocenters. The van der Waals surface area contributed by atoms with Gasteiger partial charge in [-0.05, 0) is 88.1 Å². The van der Waals surface area contributed by atoms with Crippen LogP contribution in [0.5, 0.6) is 0 Å². The second-order valence-electron chi connectivity index (χ2n) is 10.1. The van der Waals surface area contributed by atoms with Gasteiger partial charge in [-0.1, -0.05) is 6.42 Å². The van der Waals surface area contributed by atoms with Gasteiger partial charge in [0.05, 0.1) is 0 Å². The van der Waals surface area contributed by atoms with Crippen LogP contribution in [0.15, 0.2) is 78.4 Å². The molecule has 0 saturated carbocycles. The average Bonchev–Trinajstić information content (AvgIpc) is 2.91. The molecule has 12 nitrogen and oxygen atoms in total. The average molecular weight is 614 g/mol. The Balaban J connectivity index is 2.31. The largest absolute Gasteiger partial charge is 0.457 e. The molecule has 230 valence electrons. The summed E-state index contributed by atoms with van der Waals surface area (Å²) < 4.78 is 27.8. The highest BCUT2D eigenvalue weighted by atomic mass is 32.2. The van der Waals surface area contributed by atoms with Gasteiger partial charge in [-0.2, -0.15) is 0 Å². The molecule has 0 aliphatic carbocycles. The second kappa shape index (κ2) is 18.0. The molecule has 0 aromatic carbocycles. The highest BCUT2D eigenvalue weighted by Gasteiger charge is 2.14. The second-order valence-corrected chi connectivity index (χ2v) is 12.0. The third-order valence-corrected chi connectivity index (χ3v) is 5.77. The zero-order valence-electron chi connectivity index (χ0n) is 24.4. The van der Waals surface area contributed by atoms with Crippen molar-refractivity contribution in [2.24, 2.45) is 0 Å². The van der Waals surface area contributed by atoms with Gasteiger partial charge in [-0.15, -0.1) is 0 Å². The van der Waals surface area contributed by atoms with E-state index in [9.17, 15) is 37.2 Å². The number of hydrogen-bond acceptors (Lipinski definition) is 11. The zero-order valence-corrected chi connectivity index (χ0v) is 25.3. The first kappa shape index (κ1) is 36.4. The Hall–Kier alpha value is -4.65. The number of hydrogen-bond donors (Lipinski definition) is 1. The van der Waals surface area contributed by atoms with E-state index >= 15 is 0 Å². The van der Waals surface area contributed by atoms with Crippen molar-refractivity contribution in [1.29, 1.82) is 0 Å². The van der Waals surface area contributed by atoms with Crippen LogP contribution in [0.3, 0.4) is 0 Å². The van der Waals surface area contributed by atoms with Crippen LogP contribution in [-0.4, -0.2) is 65.3 Å². The number of allylic oxidation sites excluding steroid dienone is 8. The van der Waals surface area contributed by atoms with E-state index in [-0.39, 0.29) is 17.5 Å². The molecule has 1 N–H and O–H groups in total. The van der Waals surface area contributed by atoms with Crippen LogP contribution in [0.1, 0.15) is 52.0 Å². The number of amides is 1. The van der Waals surface area contributed by atoms with Gasteiger partial charge >= 0.3 is 5.97 Å². The topological polar surface area (TPSA) is 184 Å². The summed E-state index contributed by atoms with van der Waals surface area (Å²) >= 11 is 0. The summed E-state index contributed by atoms with van der Waals surface area (Å²) in [6.45, 7) is 5.02. The number of nitrogens with zero attached hydrogens (tertiary/aromatic N) is 2. The molecular formula is C30H35N3O9S. The number of nitrogens with one attached hydrogen (secondary N) is 1. The molecule has 1 amide bonds. The van der Waals surface area contributed by atoms with Crippen molar-refractivity contribution in [2.45, 2.75) is 63.6 Å². The van der Waals surface area contributed by atoms with E-state index in [1.807, 2.05) is 0 Å². The summed E-state index contributed by atoms with van der Waals surface area (Å²) in [6, 6.07) is 0. The lowest BCUT2D eigenvalue weighted by Crippen LogP contribution is -2.22. The molecule has 0 radical (unpaired) electrons. The predicted molar refractivity (Wildman–Crippen MR) is 157 cm³/mol. The van der Waals surface area contributed by atoms with Crippen molar-refractivity contribution in [1.82, 2.24) is 15.3 Å². The van der Waals surface area contributed by atoms with Gasteiger partial charge in [-0.3, -0.25) is 24.0 Å². The maximum absolute atomic E-state index is 11.9. The van der Waals surface area contributed by atoms with E-state index in [2.05, 4.69) is 15.3 Å². The van der Waals surface area contributed by atoms with Crippen LogP contribution in [0.25, 0.3) is 0 Å². The third kappa shape index (κ3) is 18.4. The third-order valence-electron chi connectivity index (χ3n) is 4.90. The van der Waals surface area contributed by atoms with Gasteiger partial charge in [0.1, 0.15) is 5.60 Å². The molecule has 1 heterocycles. The highest BCUT2D eigenvalue weighted by molar-refractivity contribution is 7.90. The van der Waals surface area contributed by atoms with Crippen LogP contribution in [0.2, 0.25) is 0 Å². The first-order valence-electron chi connectivity index (χ1n) is 13.1. The molecule has 1 aromatic rings. The number of aromatic nitrogens is 2. The van der Waals surface area contributed by atoms with Gasteiger partial charge in [0.2, 0.25) is 20.9 Å². The number of aryl methyl sites for hydroxylation is 1. The molecule has 0 atom stereocenters. The first-order valence-corrected chi connectivity index (χ1v) is 15.0. The lowest BCUT2D eigenvalue weighted by Gasteiger charge is -2.17. The lowest BCUT2D eigenvalue weighted by molar-refractivity contribution is -0.148. The van der Waals surface area contributed by atoms with Gasteiger partial charge in [0.15, 0.2) is 23.1 Å². The summed E-state index contributed by atoms with van der Waals surface area (Å²) in [4.78, 5) is 78.2. The molecule has 13 heteroatoms. The number of unbranched alkanes of at least 4 members (excludes halogenated alkanes) is 2. The monoisotopic (exact) mass is 613 g/mol. The molecule has 0 aliphatic rings. The summed E-state index contributed by atoms with van der Waals surface area (Å²) in [5.41, 5.74) is 0.0849. The number of ketones is 4. The Kier molecular flexibility index (Phi) is 15.2. The lowest BCUT2D eigenvalue weighted by atomic mass is 10.1. The maximum atomic E-state index is 11.9. The quantitative estimate of drug-likeness (QED) is 0.118. The van der Waals surface area contributed by atoms with Gasteiger partial charge < -0.3 is 10.1 Å². The van der Waals surface area contributed by atoms with Crippen molar-refractivity contribution >= 4 is 44.8 Å². The molecule has 0 spiro atoms. The minimum absolute atomic E-state index is 0.224. The minimum atomic E-state index is -3.44. The number of carbonyl (C=O) groups is 6. The van der Waals surface area contributed by atoms with E-state index in [0.717, 1.165) is 79.3 Å². The minimum Gasteiger partial charge on any atom is -0.457 e. The van der Waals surface area contributed by atoms with Crippen LogP contribution in [0.4, 0.5) is 0 Å². The van der Waals surface area contributed by atoms with Gasteiger partial charge in [-0.25, -0.2) is 23.2 Å². The molecule has 1 rings (SSSR count). The summed E-state index contributed by atoms with van der Waals surface area (Å²) in [6.07, 6.45) is 16.6. The fourth-order valence-corrected chi connectivity index (χ4v) is 3.43. The first-order chi connectivity index (χ1) is 20.0. The van der Waals surface area contributed by atoms with Crippen molar-refractivity contribution < 1.29 is 41.9 Å². The number of carbonyl (C=O) groups excluding carboxylic acids is 6. The normalized spacial score (nSPS) is 12.5. The number of sulfone groups is 1. The predicted octanol–water partition coefficient (Wildman–Crippen LogP) is 2.46. The Labute approximate surface area is 250 Å². The van der Waals surface area contributed by atoms with Crippen LogP contribution < -0.4 is 5.32 Å². The van der Waals surface area contributed by atoms with Gasteiger partial charge in [0.25, 0.3) is 0 Å². The number of ether oxygens (including phenoxy) is 1. The standard InChI is InChI=1S/C30H35N3O9S/c1-30(2,3)42-28(39)17-16-25(36)13-12-23(34)10-11-24(35)14-15-26(37)18-19-31-27(38)9-7-5-6-8-22-20-32-29(33-21-22)43(4,40)41/h10-21H,5-9H2,1-4H3,(H,31,38). The molecule has 0 saturated heterocycles. The van der Waals surface area contributed by atoms with E-state index in [4.69, 9.17) is 4.74 Å². The van der Waals surface area contributed by atoms with Crippen LogP contribution in [0, 0.1) is 0 Å². The fraction of sp³-hybridized carbons (Fsp3) is 0.333. The maximum Gasteiger partial charge on any atom is 0.331 e. The Morgan fingerprint density at radius 2 is 1.21 bits per heavy atom. The van der Waals surface area contributed by atoms with Crippen molar-refractivity contribution in [3.63, 3.8) is 0 Å². The zero-order chi connectivity index (χ0) is 32.5. The van der Waals surface area contributed by atoms with E-state index in [1.165, 1.54) is 18.6 Å². The molecular weight excluding hydrogens is 578 g/mol. The van der Waals surface area contributed by atoms with Crippen molar-refractivity contribution in [2.75, 3.05) is 6.26 Å². The van der Waals surface area contributed by atoms with Gasteiger partial charge in [0, 0.05) is 43.4 Å². The molecule has 0 bridgehead atoms. The summed E-state index contributed by atoms with van der Waals surface area (Å²) in [5, 5.41) is 2.23. The number of esters is 1. The van der Waals surface area contributed by atoms with Crippen LogP contribution >= 0.6 is 0 Å². The van der Waals surface area contributed by atoms with Crippen molar-refractivity contribution in [3.05, 3.63) is 78.8 Å². The Morgan fingerprint density at radius 1 is 0.744 bits per heavy atom. The number of rotatable bonds is 17. The van der Waals surface area contributed by atoms with E-state index < -0.39 is 44.5 Å². The molecule has 1 aromatic heterocycles. The smallest absolute Gasteiger partial charge is 0.331 e. The molecule has 0 aliphatic heterocycles. The molecule has 43 heavy (non-hydrogen) atoms. The Morgan fingerprint density at radius 3 is 1.67 bits per heavy atom. The van der Waals surface area contributed by atoms with E-state index in [1.54, 1.807) is 20.8 Å². The molecule has 0 fully saturated rings. The fourth-order valence-electron chi connectivity index (χ4n) is 2.94. The SMILES string of the molecule is CC(C)(C)OC(=O)C=CC(=O)C=CC(=O)C=CC(=O)C=CC(=O)C=CNC(=O)CCCCCc1cnc(S(C)(=O)=O)nc1.